The smallest absolute Gasteiger partial charge is 0.191 e. The monoisotopic (exact) mass is 362 g/mol. The van der Waals surface area contributed by atoms with E-state index in [0.29, 0.717) is 12.1 Å². The molecule has 26 heavy (non-hydrogen) atoms. The first kappa shape index (κ1) is 18.6. The van der Waals surface area contributed by atoms with Crippen LogP contribution in [0, 0.1) is 0 Å². The summed E-state index contributed by atoms with van der Waals surface area (Å²) >= 11 is 0. The summed E-state index contributed by atoms with van der Waals surface area (Å²) in [5.74, 6) is 2.46. The van der Waals surface area contributed by atoms with Gasteiger partial charge in [0, 0.05) is 63.2 Å². The van der Waals surface area contributed by atoms with Crippen molar-refractivity contribution >= 4 is 11.6 Å². The fraction of sp³-hybridized carbons (Fsp3) is 0.632. The highest BCUT2D eigenvalue weighted by Gasteiger charge is 2.25. The lowest BCUT2D eigenvalue weighted by Crippen LogP contribution is -2.46. The van der Waals surface area contributed by atoms with Gasteiger partial charge in [-0.1, -0.05) is 0 Å². The highest BCUT2D eigenvalue weighted by atomic mass is 16.5. The molecule has 7 nitrogen and oxygen atoms in total. The molecule has 0 aromatic heterocycles. The van der Waals surface area contributed by atoms with Crippen molar-refractivity contribution in [2.75, 3.05) is 52.4 Å². The average Bonchev–Trinajstić information content (AvgIpc) is 3.36. The number of hydrogen-bond donors (Lipinski definition) is 2. The summed E-state index contributed by atoms with van der Waals surface area (Å²) < 4.78 is 16.4. The number of nitrogens with zero attached hydrogens (tertiary/aromatic N) is 2. The Morgan fingerprint density at radius 1 is 1.23 bits per heavy atom. The summed E-state index contributed by atoms with van der Waals surface area (Å²) in [7, 11) is 5.16. The van der Waals surface area contributed by atoms with E-state index in [2.05, 4.69) is 32.7 Å². The van der Waals surface area contributed by atoms with Crippen molar-refractivity contribution in [3.05, 3.63) is 18.2 Å². The molecule has 0 spiro atoms. The lowest BCUT2D eigenvalue weighted by Gasteiger charge is -2.22. The number of ether oxygens (including phenoxy) is 3. The molecule has 1 aromatic carbocycles. The normalized spacial score (nSPS) is 23.2. The molecule has 1 aromatic rings. The van der Waals surface area contributed by atoms with E-state index >= 15 is 0 Å². The quantitative estimate of drug-likeness (QED) is 0.592. The molecule has 0 amide bonds. The molecule has 2 aliphatic rings. The van der Waals surface area contributed by atoms with Gasteiger partial charge in [0.15, 0.2) is 5.96 Å². The highest BCUT2D eigenvalue weighted by molar-refractivity contribution is 5.80. The molecule has 2 saturated heterocycles. The third kappa shape index (κ3) is 4.72. The third-order valence-electron chi connectivity index (χ3n) is 4.98. The SMILES string of the molecule is CN=C(NCC1CCCO1)NC1CCN(c2cc(OC)cc(OC)c2)C1. The molecule has 0 aliphatic carbocycles. The molecule has 3 rings (SSSR count). The van der Waals surface area contributed by atoms with Gasteiger partial charge < -0.3 is 29.7 Å². The molecule has 0 radical (unpaired) electrons. The van der Waals surface area contributed by atoms with Crippen LogP contribution in [0.2, 0.25) is 0 Å². The van der Waals surface area contributed by atoms with Crippen LogP contribution in [0.4, 0.5) is 5.69 Å². The Kier molecular flexibility index (Phi) is 6.44. The van der Waals surface area contributed by atoms with Gasteiger partial charge in [0.1, 0.15) is 11.5 Å². The lowest BCUT2D eigenvalue weighted by atomic mass is 10.2. The van der Waals surface area contributed by atoms with Gasteiger partial charge in [-0.05, 0) is 19.3 Å². The Morgan fingerprint density at radius 3 is 2.62 bits per heavy atom. The van der Waals surface area contributed by atoms with Crippen LogP contribution in [0.3, 0.4) is 0 Å². The number of hydrogen-bond acceptors (Lipinski definition) is 5. The van der Waals surface area contributed by atoms with Crippen molar-refractivity contribution in [2.24, 2.45) is 4.99 Å². The highest BCUT2D eigenvalue weighted by Crippen LogP contribution is 2.30. The van der Waals surface area contributed by atoms with Crippen LogP contribution in [0.15, 0.2) is 23.2 Å². The molecular formula is C19H30N4O3. The van der Waals surface area contributed by atoms with E-state index in [0.717, 1.165) is 68.6 Å². The summed E-state index contributed by atoms with van der Waals surface area (Å²) in [5, 5.41) is 6.91. The predicted octanol–water partition coefficient (Wildman–Crippen LogP) is 1.63. The molecule has 2 N–H and O–H groups in total. The molecule has 2 fully saturated rings. The Bertz CT molecular complexity index is 595. The van der Waals surface area contributed by atoms with Crippen molar-refractivity contribution in [2.45, 2.75) is 31.4 Å². The number of guanidine groups is 1. The summed E-state index contributed by atoms with van der Waals surface area (Å²) in [6.45, 7) is 3.58. The number of aliphatic imine (C=N–C) groups is 1. The Labute approximate surface area is 155 Å². The van der Waals surface area contributed by atoms with Gasteiger partial charge in [-0.2, -0.15) is 0 Å². The van der Waals surface area contributed by atoms with Crippen LogP contribution in [-0.2, 0) is 4.74 Å². The van der Waals surface area contributed by atoms with Crippen LogP contribution in [0.1, 0.15) is 19.3 Å². The maximum Gasteiger partial charge on any atom is 0.191 e. The third-order valence-corrected chi connectivity index (χ3v) is 4.98. The topological polar surface area (TPSA) is 67.4 Å². The van der Waals surface area contributed by atoms with Crippen molar-refractivity contribution in [3.8, 4) is 11.5 Å². The van der Waals surface area contributed by atoms with E-state index in [-0.39, 0.29) is 0 Å². The molecule has 2 heterocycles. The standard InChI is InChI=1S/C19H30N4O3/c1-20-19(21-12-16-5-4-8-26-16)22-14-6-7-23(13-14)15-9-17(24-2)11-18(10-15)25-3/h9-11,14,16H,4-8,12-13H2,1-3H3,(H2,20,21,22). The van der Waals surface area contributed by atoms with Gasteiger partial charge in [0.2, 0.25) is 0 Å². The predicted molar refractivity (Wildman–Crippen MR) is 104 cm³/mol. The molecule has 2 atom stereocenters. The fourth-order valence-electron chi connectivity index (χ4n) is 3.49. The second-order valence-electron chi connectivity index (χ2n) is 6.73. The summed E-state index contributed by atoms with van der Waals surface area (Å²) in [6.07, 6.45) is 3.64. The first-order valence-corrected chi connectivity index (χ1v) is 9.28. The largest absolute Gasteiger partial charge is 0.497 e. The van der Waals surface area contributed by atoms with E-state index in [1.165, 1.54) is 0 Å². The maximum atomic E-state index is 5.66. The van der Waals surface area contributed by atoms with E-state index in [1.54, 1.807) is 14.2 Å². The minimum absolute atomic E-state index is 0.304. The van der Waals surface area contributed by atoms with Crippen LogP contribution in [0.25, 0.3) is 0 Å². The number of nitrogens with one attached hydrogen (secondary N) is 2. The second kappa shape index (κ2) is 8.98. The van der Waals surface area contributed by atoms with E-state index < -0.39 is 0 Å². The van der Waals surface area contributed by atoms with E-state index in [1.807, 2.05) is 13.1 Å². The zero-order valence-electron chi connectivity index (χ0n) is 16.0. The molecular weight excluding hydrogens is 332 g/mol. The second-order valence-corrected chi connectivity index (χ2v) is 6.73. The maximum absolute atomic E-state index is 5.66. The Hall–Kier alpha value is -2.15. The number of rotatable bonds is 6. The molecule has 0 bridgehead atoms. The van der Waals surface area contributed by atoms with Gasteiger partial charge in [0.25, 0.3) is 0 Å². The molecule has 144 valence electrons. The van der Waals surface area contributed by atoms with Gasteiger partial charge in [0.05, 0.1) is 20.3 Å². The molecule has 7 heteroatoms. The summed E-state index contributed by atoms with van der Waals surface area (Å²) in [5.41, 5.74) is 1.12. The van der Waals surface area contributed by atoms with Crippen molar-refractivity contribution < 1.29 is 14.2 Å². The first-order valence-electron chi connectivity index (χ1n) is 9.28. The molecule has 2 unspecified atom stereocenters. The first-order chi connectivity index (χ1) is 12.7. The zero-order valence-corrected chi connectivity index (χ0v) is 16.0. The minimum atomic E-state index is 0.304. The van der Waals surface area contributed by atoms with Gasteiger partial charge in [-0.15, -0.1) is 0 Å². The van der Waals surface area contributed by atoms with Crippen molar-refractivity contribution in [1.29, 1.82) is 0 Å². The van der Waals surface area contributed by atoms with Crippen molar-refractivity contribution in [1.82, 2.24) is 10.6 Å². The van der Waals surface area contributed by atoms with Gasteiger partial charge in [-0.25, -0.2) is 0 Å². The van der Waals surface area contributed by atoms with Crippen LogP contribution in [0.5, 0.6) is 11.5 Å². The molecule has 2 aliphatic heterocycles. The number of methoxy groups -OCH3 is 2. The van der Waals surface area contributed by atoms with Crippen LogP contribution >= 0.6 is 0 Å². The fourth-order valence-corrected chi connectivity index (χ4v) is 3.49. The van der Waals surface area contributed by atoms with Crippen LogP contribution in [-0.4, -0.2) is 65.6 Å². The number of anilines is 1. The minimum Gasteiger partial charge on any atom is -0.497 e. The summed E-state index contributed by atoms with van der Waals surface area (Å²) in [4.78, 5) is 6.69. The van der Waals surface area contributed by atoms with Gasteiger partial charge >= 0.3 is 0 Å². The molecule has 0 saturated carbocycles. The summed E-state index contributed by atoms with van der Waals surface area (Å²) in [6, 6.07) is 6.35. The van der Waals surface area contributed by atoms with E-state index in [4.69, 9.17) is 14.2 Å². The van der Waals surface area contributed by atoms with E-state index in [9.17, 15) is 0 Å². The van der Waals surface area contributed by atoms with Crippen molar-refractivity contribution in [3.63, 3.8) is 0 Å². The Balaban J connectivity index is 1.54. The Morgan fingerprint density at radius 2 is 2.00 bits per heavy atom. The number of benzene rings is 1. The van der Waals surface area contributed by atoms with Gasteiger partial charge in [-0.3, -0.25) is 4.99 Å². The average molecular weight is 362 g/mol. The van der Waals surface area contributed by atoms with Crippen LogP contribution < -0.4 is 25.0 Å². The lowest BCUT2D eigenvalue weighted by molar-refractivity contribution is 0.113. The zero-order chi connectivity index (χ0) is 18.4.